The van der Waals surface area contributed by atoms with Crippen molar-refractivity contribution in [3.63, 3.8) is 0 Å². The van der Waals surface area contributed by atoms with Crippen LogP contribution in [0.3, 0.4) is 0 Å². The first kappa shape index (κ1) is 8.79. The third-order valence-electron chi connectivity index (χ3n) is 1.92. The summed E-state index contributed by atoms with van der Waals surface area (Å²) in [7, 11) is 0. The Balaban J connectivity index is 3.06. The molecule has 1 N–H and O–H groups in total. The molecule has 1 aromatic rings. The van der Waals surface area contributed by atoms with E-state index in [0.717, 1.165) is 17.9 Å². The number of H-pyrrole nitrogens is 1. The number of nitrogens with zero attached hydrogens (tertiary/aromatic N) is 2. The lowest BCUT2D eigenvalue weighted by Crippen LogP contribution is -2.38. The Kier molecular flexibility index (Phi) is 2.49. The monoisotopic (exact) mass is 164 g/mol. The lowest BCUT2D eigenvalue weighted by molar-refractivity contribution is -0.712. The molecule has 0 aliphatic carbocycles. The average Bonchev–Trinajstić information content (AvgIpc) is 2.45. The summed E-state index contributed by atoms with van der Waals surface area (Å²) < 4.78 is 1.98. The summed E-state index contributed by atoms with van der Waals surface area (Å²) in [4.78, 5) is 3.22. The Morgan fingerprint density at radius 3 is 2.92 bits per heavy atom. The molecule has 1 atom stereocenters. The number of imidazole rings is 1. The van der Waals surface area contributed by atoms with Crippen LogP contribution in [0.25, 0.3) is 0 Å². The average molecular weight is 164 g/mol. The number of aromatic nitrogens is 2. The lowest BCUT2D eigenvalue weighted by atomic mass is 10.3. The first-order valence-electron chi connectivity index (χ1n) is 4.18. The van der Waals surface area contributed by atoms with Crippen LogP contribution in [-0.4, -0.2) is 4.98 Å². The Bertz CT molecular complexity index is 306. The highest BCUT2D eigenvalue weighted by atomic mass is 15.1. The van der Waals surface area contributed by atoms with E-state index in [1.807, 2.05) is 24.6 Å². The van der Waals surface area contributed by atoms with Crippen molar-refractivity contribution in [3.8, 4) is 6.07 Å². The highest BCUT2D eigenvalue weighted by Gasteiger charge is 2.16. The summed E-state index contributed by atoms with van der Waals surface area (Å²) in [5.41, 5.74) is 1.11. The van der Waals surface area contributed by atoms with Gasteiger partial charge in [-0.3, -0.25) is 0 Å². The molecular weight excluding hydrogens is 150 g/mol. The summed E-state index contributed by atoms with van der Waals surface area (Å²) in [5.74, 6) is 1.11. The standard InChI is InChI=1S/C9H13N3/c1-4-9-11-7(2)6-12(9)8(3)5-10/h6,8H,4H2,1-3H3/p+1. The van der Waals surface area contributed by atoms with Gasteiger partial charge in [0.25, 0.3) is 5.82 Å². The predicted octanol–water partition coefficient (Wildman–Crippen LogP) is 1.26. The van der Waals surface area contributed by atoms with Crippen LogP contribution in [0.2, 0.25) is 0 Å². The van der Waals surface area contributed by atoms with Gasteiger partial charge in [-0.2, -0.15) is 5.26 Å². The molecule has 0 spiro atoms. The van der Waals surface area contributed by atoms with E-state index < -0.39 is 0 Å². The Labute approximate surface area is 72.7 Å². The minimum absolute atomic E-state index is 0.0788. The molecule has 1 unspecified atom stereocenters. The number of aryl methyl sites for hydroxylation is 2. The Hall–Kier alpha value is -1.30. The van der Waals surface area contributed by atoms with Gasteiger partial charge in [-0.25, -0.2) is 9.55 Å². The van der Waals surface area contributed by atoms with Crippen molar-refractivity contribution in [3.05, 3.63) is 17.7 Å². The van der Waals surface area contributed by atoms with E-state index in [1.54, 1.807) is 0 Å². The Morgan fingerprint density at radius 2 is 2.42 bits per heavy atom. The van der Waals surface area contributed by atoms with Gasteiger partial charge in [-0.15, -0.1) is 0 Å². The molecule has 0 aromatic carbocycles. The van der Waals surface area contributed by atoms with Crippen molar-refractivity contribution < 1.29 is 4.57 Å². The largest absolute Gasteiger partial charge is 0.255 e. The van der Waals surface area contributed by atoms with Crippen molar-refractivity contribution >= 4 is 0 Å². The van der Waals surface area contributed by atoms with Gasteiger partial charge in [0.2, 0.25) is 0 Å². The van der Waals surface area contributed by atoms with Crippen LogP contribution in [-0.2, 0) is 6.42 Å². The fraction of sp³-hybridized carbons (Fsp3) is 0.556. The first-order valence-corrected chi connectivity index (χ1v) is 4.18. The topological polar surface area (TPSA) is 43.5 Å². The predicted molar refractivity (Wildman–Crippen MR) is 45.4 cm³/mol. The number of nitrogens with one attached hydrogen (secondary N) is 1. The fourth-order valence-corrected chi connectivity index (χ4v) is 1.29. The van der Waals surface area contributed by atoms with Gasteiger partial charge in [0, 0.05) is 13.3 Å². The quantitative estimate of drug-likeness (QED) is 0.657. The van der Waals surface area contributed by atoms with Crippen LogP contribution in [0.1, 0.15) is 31.4 Å². The number of aromatic amines is 1. The normalized spacial score (nSPS) is 12.5. The van der Waals surface area contributed by atoms with Crippen LogP contribution in [0.15, 0.2) is 6.20 Å². The summed E-state index contributed by atoms with van der Waals surface area (Å²) >= 11 is 0. The molecule has 1 heterocycles. The minimum Gasteiger partial charge on any atom is -0.245 e. The third-order valence-corrected chi connectivity index (χ3v) is 1.92. The second-order valence-electron chi connectivity index (χ2n) is 2.95. The first-order chi connectivity index (χ1) is 5.69. The molecule has 1 aromatic heterocycles. The van der Waals surface area contributed by atoms with E-state index in [9.17, 15) is 0 Å². The van der Waals surface area contributed by atoms with E-state index in [1.165, 1.54) is 0 Å². The minimum atomic E-state index is -0.0788. The zero-order valence-electron chi connectivity index (χ0n) is 7.76. The number of nitriles is 1. The van der Waals surface area contributed by atoms with Gasteiger partial charge in [-0.05, 0) is 6.92 Å². The SMILES string of the molecule is CCc1[nH]c(C)c[n+]1C(C)C#N. The smallest absolute Gasteiger partial charge is 0.245 e. The lowest BCUT2D eigenvalue weighted by Gasteiger charge is -1.98. The van der Waals surface area contributed by atoms with E-state index in [2.05, 4.69) is 18.0 Å². The van der Waals surface area contributed by atoms with E-state index >= 15 is 0 Å². The van der Waals surface area contributed by atoms with Crippen molar-refractivity contribution in [2.45, 2.75) is 33.2 Å². The van der Waals surface area contributed by atoms with Crippen LogP contribution in [0.5, 0.6) is 0 Å². The van der Waals surface area contributed by atoms with E-state index in [0.29, 0.717) is 0 Å². The third kappa shape index (κ3) is 1.48. The molecule has 12 heavy (non-hydrogen) atoms. The van der Waals surface area contributed by atoms with Crippen LogP contribution < -0.4 is 4.57 Å². The van der Waals surface area contributed by atoms with Gasteiger partial charge in [-0.1, -0.05) is 6.92 Å². The second kappa shape index (κ2) is 3.40. The summed E-state index contributed by atoms with van der Waals surface area (Å²) in [5, 5.41) is 8.73. The molecule has 64 valence electrons. The zero-order valence-corrected chi connectivity index (χ0v) is 7.76. The fourth-order valence-electron chi connectivity index (χ4n) is 1.29. The van der Waals surface area contributed by atoms with Gasteiger partial charge in [0.05, 0.1) is 0 Å². The molecule has 1 rings (SSSR count). The zero-order chi connectivity index (χ0) is 9.14. The molecule has 0 aliphatic heterocycles. The highest BCUT2D eigenvalue weighted by molar-refractivity contribution is 4.92. The highest BCUT2D eigenvalue weighted by Crippen LogP contribution is 1.99. The van der Waals surface area contributed by atoms with Gasteiger partial charge in [0.15, 0.2) is 6.04 Å². The molecular formula is C9H14N3+. The number of rotatable bonds is 2. The number of hydrogen-bond donors (Lipinski definition) is 1. The number of hydrogen-bond acceptors (Lipinski definition) is 1. The molecule has 0 aliphatic rings. The second-order valence-corrected chi connectivity index (χ2v) is 2.95. The van der Waals surface area contributed by atoms with Crippen molar-refractivity contribution in [2.75, 3.05) is 0 Å². The van der Waals surface area contributed by atoms with Gasteiger partial charge < -0.3 is 0 Å². The molecule has 3 heteroatoms. The molecule has 0 saturated heterocycles. The van der Waals surface area contributed by atoms with Crippen LogP contribution >= 0.6 is 0 Å². The molecule has 0 bridgehead atoms. The van der Waals surface area contributed by atoms with Crippen molar-refractivity contribution in [1.29, 1.82) is 5.26 Å². The molecule has 0 saturated carbocycles. The summed E-state index contributed by atoms with van der Waals surface area (Å²) in [6.07, 6.45) is 2.91. The molecule has 3 nitrogen and oxygen atoms in total. The van der Waals surface area contributed by atoms with E-state index in [4.69, 9.17) is 5.26 Å². The maximum absolute atomic E-state index is 8.73. The van der Waals surface area contributed by atoms with E-state index in [-0.39, 0.29) is 6.04 Å². The van der Waals surface area contributed by atoms with Crippen LogP contribution in [0, 0.1) is 18.3 Å². The maximum atomic E-state index is 8.73. The van der Waals surface area contributed by atoms with Gasteiger partial charge in [0.1, 0.15) is 18.0 Å². The summed E-state index contributed by atoms with van der Waals surface area (Å²) in [6.45, 7) is 5.97. The molecule has 0 radical (unpaired) electrons. The van der Waals surface area contributed by atoms with Crippen molar-refractivity contribution in [2.24, 2.45) is 0 Å². The van der Waals surface area contributed by atoms with Gasteiger partial charge >= 0.3 is 0 Å². The van der Waals surface area contributed by atoms with Crippen LogP contribution in [0.4, 0.5) is 0 Å². The maximum Gasteiger partial charge on any atom is 0.255 e. The Morgan fingerprint density at radius 1 is 1.75 bits per heavy atom. The summed E-state index contributed by atoms with van der Waals surface area (Å²) in [6, 6.07) is 2.13. The molecule has 0 fully saturated rings. The molecule has 0 amide bonds. The van der Waals surface area contributed by atoms with Crippen molar-refractivity contribution in [1.82, 2.24) is 4.98 Å².